The van der Waals surface area contributed by atoms with Gasteiger partial charge >= 0.3 is 0 Å². The van der Waals surface area contributed by atoms with Crippen molar-refractivity contribution in [3.63, 3.8) is 0 Å². The summed E-state index contributed by atoms with van der Waals surface area (Å²) in [5, 5.41) is 2.75. The van der Waals surface area contributed by atoms with Gasteiger partial charge in [-0.1, -0.05) is 30.3 Å². The Morgan fingerprint density at radius 1 is 1.50 bits per heavy atom. The molecule has 0 saturated heterocycles. The molecule has 0 radical (unpaired) electrons. The molecule has 0 saturated carbocycles. The van der Waals surface area contributed by atoms with E-state index in [0.29, 0.717) is 13.0 Å². The molecule has 0 aliphatic heterocycles. The van der Waals surface area contributed by atoms with Crippen molar-refractivity contribution in [2.24, 2.45) is 0 Å². The van der Waals surface area contributed by atoms with Crippen molar-refractivity contribution in [1.29, 1.82) is 0 Å². The Hall–Kier alpha value is -1.57. The van der Waals surface area contributed by atoms with Crippen LogP contribution in [0.15, 0.2) is 36.9 Å². The highest BCUT2D eigenvalue weighted by atomic mass is 16.1. The molecular weight excluding hydrogens is 174 g/mol. The van der Waals surface area contributed by atoms with Gasteiger partial charge in [-0.25, -0.2) is 0 Å². The molecule has 1 aromatic carbocycles. The van der Waals surface area contributed by atoms with Gasteiger partial charge in [0.2, 0.25) is 5.91 Å². The Kier molecular flexibility index (Phi) is 3.92. The van der Waals surface area contributed by atoms with Crippen LogP contribution in [-0.4, -0.2) is 12.5 Å². The highest BCUT2D eigenvalue weighted by molar-refractivity contribution is 5.79. The van der Waals surface area contributed by atoms with E-state index in [2.05, 4.69) is 11.9 Å². The van der Waals surface area contributed by atoms with Crippen molar-refractivity contribution < 1.29 is 4.79 Å². The first-order valence-electron chi connectivity index (χ1n) is 4.66. The monoisotopic (exact) mass is 189 g/mol. The van der Waals surface area contributed by atoms with Crippen molar-refractivity contribution in [1.82, 2.24) is 5.32 Å². The van der Waals surface area contributed by atoms with Crippen LogP contribution >= 0.6 is 0 Å². The first-order valence-corrected chi connectivity index (χ1v) is 4.66. The highest BCUT2D eigenvalue weighted by Crippen LogP contribution is 2.07. The maximum Gasteiger partial charge on any atom is 0.224 e. The normalized spacial score (nSPS) is 9.50. The molecule has 0 spiro atoms. The van der Waals surface area contributed by atoms with Gasteiger partial charge in [0.1, 0.15) is 0 Å². The van der Waals surface area contributed by atoms with E-state index in [0.717, 1.165) is 11.1 Å². The van der Waals surface area contributed by atoms with Gasteiger partial charge in [-0.2, -0.15) is 0 Å². The van der Waals surface area contributed by atoms with Crippen LogP contribution in [0.2, 0.25) is 0 Å². The summed E-state index contributed by atoms with van der Waals surface area (Å²) in [7, 11) is 0. The number of carbonyl (C=O) groups excluding carboxylic acids is 1. The van der Waals surface area contributed by atoms with Gasteiger partial charge in [-0.3, -0.25) is 4.79 Å². The van der Waals surface area contributed by atoms with Gasteiger partial charge in [0, 0.05) is 6.54 Å². The molecule has 1 N–H and O–H groups in total. The van der Waals surface area contributed by atoms with E-state index >= 15 is 0 Å². The number of rotatable bonds is 4. The van der Waals surface area contributed by atoms with E-state index < -0.39 is 0 Å². The Bertz CT molecular complexity index is 331. The van der Waals surface area contributed by atoms with Crippen LogP contribution in [0.3, 0.4) is 0 Å². The van der Waals surface area contributed by atoms with E-state index in [1.165, 1.54) is 0 Å². The lowest BCUT2D eigenvalue weighted by atomic mass is 10.1. The zero-order valence-electron chi connectivity index (χ0n) is 8.42. The Balaban J connectivity index is 2.56. The van der Waals surface area contributed by atoms with Crippen LogP contribution < -0.4 is 5.32 Å². The topological polar surface area (TPSA) is 29.1 Å². The fourth-order valence-corrected chi connectivity index (χ4v) is 1.23. The average Bonchev–Trinajstić information content (AvgIpc) is 2.18. The lowest BCUT2D eigenvalue weighted by Crippen LogP contribution is -2.25. The summed E-state index contributed by atoms with van der Waals surface area (Å²) in [6.45, 7) is 6.09. The standard InChI is InChI=1S/C12H15NO/c1-3-8-13-12(14)9-11-7-5-4-6-10(11)2/h3-7H,1,8-9H2,2H3,(H,13,14). The molecule has 2 heteroatoms. The lowest BCUT2D eigenvalue weighted by molar-refractivity contribution is -0.120. The van der Waals surface area contributed by atoms with Crippen LogP contribution in [0.5, 0.6) is 0 Å². The molecular formula is C12H15NO. The van der Waals surface area contributed by atoms with Crippen LogP contribution in [0.1, 0.15) is 11.1 Å². The maximum atomic E-state index is 11.4. The predicted molar refractivity (Wildman–Crippen MR) is 58.1 cm³/mol. The second-order valence-corrected chi connectivity index (χ2v) is 3.20. The summed E-state index contributed by atoms with van der Waals surface area (Å²) in [5.74, 6) is 0.0409. The first kappa shape index (κ1) is 10.5. The third-order valence-corrected chi connectivity index (χ3v) is 2.06. The Labute approximate surface area is 84.6 Å². The van der Waals surface area contributed by atoms with Gasteiger partial charge in [0.15, 0.2) is 0 Å². The number of aryl methyl sites for hydroxylation is 1. The van der Waals surface area contributed by atoms with E-state index in [1.54, 1.807) is 6.08 Å². The maximum absolute atomic E-state index is 11.4. The second-order valence-electron chi connectivity index (χ2n) is 3.20. The number of hydrogen-bond donors (Lipinski definition) is 1. The third kappa shape index (κ3) is 3.05. The zero-order chi connectivity index (χ0) is 10.4. The minimum absolute atomic E-state index is 0.0409. The smallest absolute Gasteiger partial charge is 0.224 e. The van der Waals surface area contributed by atoms with Crippen molar-refractivity contribution in [3.8, 4) is 0 Å². The summed E-state index contributed by atoms with van der Waals surface area (Å²) in [5.41, 5.74) is 2.23. The van der Waals surface area contributed by atoms with Gasteiger partial charge in [0.25, 0.3) is 0 Å². The molecule has 1 rings (SSSR count). The molecule has 0 bridgehead atoms. The van der Waals surface area contributed by atoms with Crippen molar-refractivity contribution in [3.05, 3.63) is 48.0 Å². The van der Waals surface area contributed by atoms with E-state index in [-0.39, 0.29) is 5.91 Å². The molecule has 0 aliphatic carbocycles. The SMILES string of the molecule is C=CCNC(=O)Cc1ccccc1C. The van der Waals surface area contributed by atoms with Crippen molar-refractivity contribution in [2.75, 3.05) is 6.54 Å². The minimum Gasteiger partial charge on any atom is -0.352 e. The number of hydrogen-bond acceptors (Lipinski definition) is 1. The van der Waals surface area contributed by atoms with Gasteiger partial charge in [-0.15, -0.1) is 6.58 Å². The number of benzene rings is 1. The molecule has 1 aromatic rings. The lowest BCUT2D eigenvalue weighted by Gasteiger charge is -2.05. The average molecular weight is 189 g/mol. The Morgan fingerprint density at radius 2 is 2.21 bits per heavy atom. The van der Waals surface area contributed by atoms with Crippen LogP contribution in [0.25, 0.3) is 0 Å². The molecule has 0 heterocycles. The predicted octanol–water partition coefficient (Wildman–Crippen LogP) is 1.84. The summed E-state index contributed by atoms with van der Waals surface area (Å²) in [6, 6.07) is 7.91. The molecule has 74 valence electrons. The fraction of sp³-hybridized carbons (Fsp3) is 0.250. The number of amides is 1. The van der Waals surface area contributed by atoms with E-state index in [1.807, 2.05) is 31.2 Å². The van der Waals surface area contributed by atoms with Gasteiger partial charge in [0.05, 0.1) is 6.42 Å². The van der Waals surface area contributed by atoms with E-state index in [4.69, 9.17) is 0 Å². The van der Waals surface area contributed by atoms with Crippen LogP contribution in [-0.2, 0) is 11.2 Å². The van der Waals surface area contributed by atoms with Crippen molar-refractivity contribution >= 4 is 5.91 Å². The Morgan fingerprint density at radius 3 is 2.86 bits per heavy atom. The third-order valence-electron chi connectivity index (χ3n) is 2.06. The first-order chi connectivity index (χ1) is 6.74. The molecule has 2 nitrogen and oxygen atoms in total. The largest absolute Gasteiger partial charge is 0.352 e. The zero-order valence-corrected chi connectivity index (χ0v) is 8.42. The molecule has 1 amide bonds. The summed E-state index contributed by atoms with van der Waals surface area (Å²) < 4.78 is 0. The van der Waals surface area contributed by atoms with Crippen LogP contribution in [0.4, 0.5) is 0 Å². The van der Waals surface area contributed by atoms with Gasteiger partial charge in [-0.05, 0) is 18.1 Å². The molecule has 0 aliphatic rings. The summed E-state index contributed by atoms with van der Waals surface area (Å²) in [4.78, 5) is 11.4. The molecule has 0 fully saturated rings. The molecule has 0 aromatic heterocycles. The van der Waals surface area contributed by atoms with Crippen molar-refractivity contribution in [2.45, 2.75) is 13.3 Å². The number of carbonyl (C=O) groups is 1. The van der Waals surface area contributed by atoms with E-state index in [9.17, 15) is 4.79 Å². The summed E-state index contributed by atoms with van der Waals surface area (Å²) in [6.07, 6.45) is 2.12. The fourth-order valence-electron chi connectivity index (χ4n) is 1.23. The van der Waals surface area contributed by atoms with Crippen LogP contribution in [0, 0.1) is 6.92 Å². The number of nitrogens with one attached hydrogen (secondary N) is 1. The molecule has 0 unspecified atom stereocenters. The quantitative estimate of drug-likeness (QED) is 0.719. The van der Waals surface area contributed by atoms with Gasteiger partial charge < -0.3 is 5.32 Å². The summed E-state index contributed by atoms with van der Waals surface area (Å²) >= 11 is 0. The molecule has 14 heavy (non-hydrogen) atoms. The minimum atomic E-state index is 0.0409. The highest BCUT2D eigenvalue weighted by Gasteiger charge is 2.03. The molecule has 0 atom stereocenters. The second kappa shape index (κ2) is 5.22.